The number of alkyl halides is 5. The number of thioether (sulfide) groups is 1. The summed E-state index contributed by atoms with van der Waals surface area (Å²) in [5.74, 6) is -4.21. The van der Waals surface area contributed by atoms with Gasteiger partial charge in [-0.05, 0) is 33.8 Å². The number of aliphatic imine (C=N–C) groups is 1. The van der Waals surface area contributed by atoms with E-state index in [1.165, 1.54) is 18.0 Å². The number of pyridine rings is 1. The zero-order valence-corrected chi connectivity index (χ0v) is 15.7. The Balaban J connectivity index is 3.13. The van der Waals surface area contributed by atoms with Crippen LogP contribution in [0.2, 0.25) is 0 Å². The molecule has 0 saturated carbocycles. The highest BCUT2D eigenvalue weighted by Gasteiger charge is 2.59. The molecule has 0 saturated heterocycles. The number of hydrogen-bond acceptors (Lipinski definition) is 6. The van der Waals surface area contributed by atoms with Gasteiger partial charge < -0.3 is 17.2 Å². The van der Waals surface area contributed by atoms with Crippen LogP contribution in [0.5, 0.6) is 0 Å². The van der Waals surface area contributed by atoms with Gasteiger partial charge in [0.2, 0.25) is 0 Å². The van der Waals surface area contributed by atoms with Crippen molar-refractivity contribution >= 4 is 39.7 Å². The van der Waals surface area contributed by atoms with Crippen LogP contribution in [0.3, 0.4) is 0 Å². The molecule has 0 fully saturated rings. The van der Waals surface area contributed by atoms with Gasteiger partial charge in [0.25, 0.3) is 0 Å². The van der Waals surface area contributed by atoms with E-state index >= 15 is 0 Å². The molecule has 0 aliphatic carbocycles. The molecule has 1 aromatic rings. The Morgan fingerprint density at radius 1 is 1.23 bits per heavy atom. The third kappa shape index (κ3) is 5.59. The highest BCUT2D eigenvalue weighted by molar-refractivity contribution is 9.10. The van der Waals surface area contributed by atoms with Crippen LogP contribution in [-0.2, 0) is 0 Å². The molecule has 1 heterocycles. The molecule has 1 rings (SSSR count). The summed E-state index contributed by atoms with van der Waals surface area (Å²) < 4.78 is 63.7. The Morgan fingerprint density at radius 3 is 2.38 bits per heavy atom. The summed E-state index contributed by atoms with van der Waals surface area (Å²) in [6.07, 6.45) is -3.10. The highest BCUT2D eigenvalue weighted by atomic mass is 79.9. The predicted octanol–water partition coefficient (Wildman–Crippen LogP) is 3.83. The van der Waals surface area contributed by atoms with E-state index in [0.29, 0.717) is 4.90 Å². The van der Waals surface area contributed by atoms with Crippen LogP contribution < -0.4 is 17.2 Å². The first-order chi connectivity index (χ1) is 11.9. The van der Waals surface area contributed by atoms with Crippen molar-refractivity contribution in [1.29, 1.82) is 0 Å². The van der Waals surface area contributed by atoms with Gasteiger partial charge in [-0.1, -0.05) is 6.92 Å². The van der Waals surface area contributed by atoms with Crippen molar-refractivity contribution in [3.8, 4) is 0 Å². The first-order valence-corrected chi connectivity index (χ1v) is 8.67. The van der Waals surface area contributed by atoms with E-state index in [2.05, 4.69) is 25.9 Å². The van der Waals surface area contributed by atoms with Gasteiger partial charge in [-0.25, -0.2) is 9.98 Å². The fourth-order valence-electron chi connectivity index (χ4n) is 1.48. The van der Waals surface area contributed by atoms with Crippen molar-refractivity contribution in [2.45, 2.75) is 23.9 Å². The summed E-state index contributed by atoms with van der Waals surface area (Å²) in [4.78, 5) is 8.76. The number of halogens is 6. The smallest absolute Gasteiger partial charge is 0.397 e. The van der Waals surface area contributed by atoms with E-state index in [1.807, 2.05) is 6.92 Å². The average Bonchev–Trinajstić information content (AvgIpc) is 2.52. The lowest BCUT2D eigenvalue weighted by Crippen LogP contribution is -2.41. The van der Waals surface area contributed by atoms with Crippen molar-refractivity contribution in [3.05, 3.63) is 39.9 Å². The molecule has 26 heavy (non-hydrogen) atoms. The minimum Gasteiger partial charge on any atom is -0.397 e. The Kier molecular flexibility index (Phi) is 7.45. The van der Waals surface area contributed by atoms with E-state index in [1.54, 1.807) is 6.07 Å². The lowest BCUT2D eigenvalue weighted by molar-refractivity contribution is -0.264. The lowest BCUT2D eigenvalue weighted by Gasteiger charge is -2.19. The number of nitrogens with zero attached hydrogens (tertiary/aromatic N) is 2. The summed E-state index contributed by atoms with van der Waals surface area (Å²) in [7, 11) is 0. The van der Waals surface area contributed by atoms with Crippen LogP contribution in [-0.4, -0.2) is 29.1 Å². The van der Waals surface area contributed by atoms with Gasteiger partial charge in [0.05, 0.1) is 28.2 Å². The van der Waals surface area contributed by atoms with Gasteiger partial charge in [0, 0.05) is 10.7 Å². The van der Waals surface area contributed by atoms with Gasteiger partial charge in [-0.15, -0.1) is 11.8 Å². The molecule has 5 nitrogen and oxygen atoms in total. The molecule has 0 aromatic carbocycles. The molecule has 1 aromatic heterocycles. The Morgan fingerprint density at radius 2 is 1.85 bits per heavy atom. The van der Waals surface area contributed by atoms with E-state index in [-0.39, 0.29) is 17.6 Å². The summed E-state index contributed by atoms with van der Waals surface area (Å²) in [5, 5.41) is 0. The van der Waals surface area contributed by atoms with Crippen molar-refractivity contribution in [2.24, 2.45) is 22.2 Å². The first kappa shape index (κ1) is 22.2. The predicted molar refractivity (Wildman–Crippen MR) is 95.2 cm³/mol. The maximum atomic E-state index is 13.1. The fourth-order valence-corrected chi connectivity index (χ4v) is 2.72. The first-order valence-electron chi connectivity index (χ1n) is 6.90. The number of allylic oxidation sites excluding steroid dienone is 3. The van der Waals surface area contributed by atoms with Gasteiger partial charge in [-0.2, -0.15) is 22.0 Å². The van der Waals surface area contributed by atoms with Crippen LogP contribution in [0.1, 0.15) is 6.92 Å². The van der Waals surface area contributed by atoms with E-state index in [4.69, 9.17) is 17.2 Å². The maximum absolute atomic E-state index is 13.1. The number of rotatable bonds is 6. The molecule has 0 aliphatic rings. The number of nitrogens with two attached hydrogens (primary N) is 3. The van der Waals surface area contributed by atoms with Crippen LogP contribution in [0, 0.1) is 0 Å². The fraction of sp³-hybridized carbons (Fsp3) is 0.286. The van der Waals surface area contributed by atoms with Crippen molar-refractivity contribution in [1.82, 2.24) is 4.98 Å². The molecule has 0 radical (unpaired) electrons. The molecule has 0 aliphatic heterocycles. The number of aromatic nitrogens is 1. The summed E-state index contributed by atoms with van der Waals surface area (Å²) >= 11 is 4.71. The third-order valence-corrected chi connectivity index (χ3v) is 4.12. The van der Waals surface area contributed by atoms with Gasteiger partial charge in [0.1, 0.15) is 0 Å². The molecular formula is C14H15BrF5N5S. The maximum Gasteiger partial charge on any atom is 0.459 e. The molecule has 12 heteroatoms. The normalized spacial score (nSPS) is 14.7. The second-order valence-corrected chi connectivity index (χ2v) is 6.97. The Hall–Kier alpha value is -1.82. The van der Waals surface area contributed by atoms with Crippen LogP contribution >= 0.6 is 27.7 Å². The summed E-state index contributed by atoms with van der Waals surface area (Å²) in [6, 6.07) is 1.76. The second kappa shape index (κ2) is 8.71. The second-order valence-electron chi connectivity index (χ2n) is 4.75. The van der Waals surface area contributed by atoms with E-state index < -0.39 is 23.5 Å². The summed E-state index contributed by atoms with van der Waals surface area (Å²) in [6.45, 7) is 1.92. The zero-order chi connectivity index (χ0) is 20.1. The minimum atomic E-state index is -5.84. The Bertz CT molecular complexity index is 746. The molecule has 144 valence electrons. The van der Waals surface area contributed by atoms with Gasteiger partial charge >= 0.3 is 12.1 Å². The van der Waals surface area contributed by atoms with Crippen LogP contribution in [0.4, 0.5) is 27.8 Å². The molecule has 6 N–H and O–H groups in total. The lowest BCUT2D eigenvalue weighted by atomic mass is 10.2. The summed E-state index contributed by atoms with van der Waals surface area (Å²) in [5.41, 5.74) is 13.1. The van der Waals surface area contributed by atoms with Gasteiger partial charge in [0.15, 0.2) is 5.82 Å². The molecule has 0 amide bonds. The van der Waals surface area contributed by atoms with Crippen molar-refractivity contribution in [2.75, 3.05) is 5.75 Å². The third-order valence-electron chi connectivity index (χ3n) is 2.79. The largest absolute Gasteiger partial charge is 0.459 e. The van der Waals surface area contributed by atoms with E-state index in [9.17, 15) is 22.0 Å². The zero-order valence-electron chi connectivity index (χ0n) is 13.3. The monoisotopic (exact) mass is 459 g/mol. The highest BCUT2D eigenvalue weighted by Crippen LogP contribution is 2.39. The molecule has 0 spiro atoms. The van der Waals surface area contributed by atoms with E-state index in [0.717, 1.165) is 16.4 Å². The van der Waals surface area contributed by atoms with Gasteiger partial charge in [-0.3, -0.25) is 0 Å². The molecular weight excluding hydrogens is 445 g/mol. The Labute approximate surface area is 158 Å². The topological polar surface area (TPSA) is 103 Å². The molecule has 0 bridgehead atoms. The standard InChI is InChI=1S/C14H15BrF5N5S/c1-2-26-10-3-7(15)5-24-12(10)25-6-9(22)8(21)4-11(23)13(16,17)14(18,19)20/h3-6H,2,21-23H2,1H3/b9-8+,11-4-,25-6+. The molecule has 0 unspecified atom stereocenters. The van der Waals surface area contributed by atoms with Crippen LogP contribution in [0.25, 0.3) is 0 Å². The van der Waals surface area contributed by atoms with Crippen molar-refractivity contribution in [3.63, 3.8) is 0 Å². The quantitative estimate of drug-likeness (QED) is 0.259. The number of hydrogen-bond donors (Lipinski definition) is 3. The average molecular weight is 460 g/mol. The molecule has 0 atom stereocenters. The van der Waals surface area contributed by atoms with Crippen LogP contribution in [0.15, 0.2) is 49.8 Å². The minimum absolute atomic E-state index is 0.256. The van der Waals surface area contributed by atoms with Crippen molar-refractivity contribution < 1.29 is 22.0 Å². The SMILES string of the molecule is CCSc1cc(Br)cnc1/N=C/C(N)=C(N)/C=C(\N)C(F)(F)C(F)(F)F.